The summed E-state index contributed by atoms with van der Waals surface area (Å²) in [6, 6.07) is 18.7. The van der Waals surface area contributed by atoms with Gasteiger partial charge in [0, 0.05) is 23.5 Å². The molecule has 1 aliphatic rings. The number of rotatable bonds is 7. The first kappa shape index (κ1) is 27.3. The SMILES string of the molecule is Cc1nn(-c2ccccc2)c2c1[C@H](c1ccc(F)cc1)[C@H](CC(=O)c1cccc(C(F)(F)F)c1)C(=O)N2CCO. The number of carbonyl (C=O) groups excluding carboxylic acids is 2. The molecule has 40 heavy (non-hydrogen) atoms. The van der Waals surface area contributed by atoms with E-state index in [-0.39, 0.29) is 18.7 Å². The summed E-state index contributed by atoms with van der Waals surface area (Å²) in [7, 11) is 0. The predicted octanol–water partition coefficient (Wildman–Crippen LogP) is 5.70. The van der Waals surface area contributed by atoms with Crippen molar-refractivity contribution in [1.29, 1.82) is 0 Å². The Morgan fingerprint density at radius 1 is 1.00 bits per heavy atom. The lowest BCUT2D eigenvalue weighted by atomic mass is 9.74. The number of fused-ring (bicyclic) bond motifs is 1. The van der Waals surface area contributed by atoms with Gasteiger partial charge in [-0.15, -0.1) is 0 Å². The number of anilines is 1. The number of hydrogen-bond donors (Lipinski definition) is 1. The molecule has 0 spiro atoms. The number of Topliss-reactive ketones (excluding diaryl/α,β-unsaturated/α-hetero) is 1. The molecular formula is C30H25F4N3O3. The van der Waals surface area contributed by atoms with E-state index in [1.165, 1.54) is 35.2 Å². The van der Waals surface area contributed by atoms with E-state index in [0.29, 0.717) is 28.3 Å². The minimum atomic E-state index is -4.64. The summed E-state index contributed by atoms with van der Waals surface area (Å²) >= 11 is 0. The molecule has 2 atom stereocenters. The zero-order chi connectivity index (χ0) is 28.6. The average molecular weight is 552 g/mol. The van der Waals surface area contributed by atoms with E-state index >= 15 is 0 Å². The van der Waals surface area contributed by atoms with Gasteiger partial charge in [-0.25, -0.2) is 9.07 Å². The van der Waals surface area contributed by atoms with Gasteiger partial charge in [-0.1, -0.05) is 42.5 Å². The van der Waals surface area contributed by atoms with Crippen LogP contribution in [-0.4, -0.2) is 39.7 Å². The van der Waals surface area contributed by atoms with Crippen molar-refractivity contribution in [2.45, 2.75) is 25.4 Å². The summed E-state index contributed by atoms with van der Waals surface area (Å²) in [5.74, 6) is -2.99. The van der Waals surface area contributed by atoms with E-state index in [1.807, 2.05) is 30.3 Å². The van der Waals surface area contributed by atoms with E-state index in [4.69, 9.17) is 5.10 Å². The smallest absolute Gasteiger partial charge is 0.395 e. The van der Waals surface area contributed by atoms with Gasteiger partial charge in [-0.2, -0.15) is 18.3 Å². The molecule has 0 saturated carbocycles. The van der Waals surface area contributed by atoms with Gasteiger partial charge >= 0.3 is 6.18 Å². The number of carbonyl (C=O) groups is 2. The van der Waals surface area contributed by atoms with Crippen LogP contribution < -0.4 is 4.90 Å². The molecule has 4 aromatic rings. The number of aryl methyl sites for hydroxylation is 1. The number of para-hydroxylation sites is 1. The van der Waals surface area contributed by atoms with Crippen LogP contribution in [0, 0.1) is 18.7 Å². The second-order valence-electron chi connectivity index (χ2n) is 9.63. The maximum Gasteiger partial charge on any atom is 0.416 e. The summed E-state index contributed by atoms with van der Waals surface area (Å²) in [6.45, 7) is 1.29. The first-order valence-corrected chi connectivity index (χ1v) is 12.6. The molecule has 0 aliphatic carbocycles. The van der Waals surface area contributed by atoms with Gasteiger partial charge in [0.1, 0.15) is 11.6 Å². The lowest BCUT2D eigenvalue weighted by molar-refractivity contribution is -0.137. The molecule has 1 aliphatic heterocycles. The minimum Gasteiger partial charge on any atom is -0.395 e. The summed E-state index contributed by atoms with van der Waals surface area (Å²) in [4.78, 5) is 28.8. The fourth-order valence-electron chi connectivity index (χ4n) is 5.33. The Bertz CT molecular complexity index is 1550. The van der Waals surface area contributed by atoms with E-state index in [0.717, 1.165) is 18.2 Å². The molecule has 6 nitrogen and oxygen atoms in total. The molecule has 0 bridgehead atoms. The Morgan fingerprint density at radius 2 is 1.70 bits per heavy atom. The van der Waals surface area contributed by atoms with Crippen LogP contribution in [0.5, 0.6) is 0 Å². The predicted molar refractivity (Wildman–Crippen MR) is 140 cm³/mol. The van der Waals surface area contributed by atoms with Gasteiger partial charge < -0.3 is 5.11 Å². The standard InChI is InChI=1S/C30H25F4N3O3/c1-18-26-27(19-10-12-22(31)13-11-19)24(17-25(39)20-6-5-7-21(16-20)30(32,33)34)29(40)36(14-15-38)28(26)37(35-18)23-8-3-2-4-9-23/h2-13,16,24,27,38H,14-15,17H2,1H3/t24-,27+/m0/s1. The van der Waals surface area contributed by atoms with Crippen LogP contribution in [0.2, 0.25) is 0 Å². The summed E-state index contributed by atoms with van der Waals surface area (Å²) in [6.07, 6.45) is -5.04. The molecule has 0 unspecified atom stereocenters. The highest BCUT2D eigenvalue weighted by atomic mass is 19.4. The molecule has 206 valence electrons. The van der Waals surface area contributed by atoms with Crippen LogP contribution >= 0.6 is 0 Å². The van der Waals surface area contributed by atoms with Crippen LogP contribution in [-0.2, 0) is 11.0 Å². The van der Waals surface area contributed by atoms with Crippen molar-refractivity contribution in [3.63, 3.8) is 0 Å². The van der Waals surface area contributed by atoms with E-state index < -0.39 is 47.5 Å². The third-order valence-electron chi connectivity index (χ3n) is 7.10. The molecular weight excluding hydrogens is 526 g/mol. The molecule has 1 amide bonds. The Balaban J connectivity index is 1.66. The summed E-state index contributed by atoms with van der Waals surface area (Å²) in [5, 5.41) is 14.5. The molecule has 2 heterocycles. The quantitative estimate of drug-likeness (QED) is 0.236. The average Bonchev–Trinajstić information content (AvgIpc) is 3.28. The number of ketones is 1. The van der Waals surface area contributed by atoms with Crippen molar-refractivity contribution in [2.75, 3.05) is 18.1 Å². The van der Waals surface area contributed by atoms with Crippen molar-refractivity contribution in [2.24, 2.45) is 5.92 Å². The highest BCUT2D eigenvalue weighted by Crippen LogP contribution is 2.47. The maximum absolute atomic E-state index is 14.1. The third kappa shape index (κ3) is 5.02. The number of β-amino-alcohol motifs (C(OH)–C–C–N with tert-alkyl or cyclic N) is 1. The van der Waals surface area contributed by atoms with Crippen molar-refractivity contribution >= 4 is 17.5 Å². The Hall–Kier alpha value is -4.31. The summed E-state index contributed by atoms with van der Waals surface area (Å²) in [5.41, 5.74) is 1.26. The van der Waals surface area contributed by atoms with Gasteiger partial charge in [-0.05, 0) is 48.9 Å². The van der Waals surface area contributed by atoms with Crippen LogP contribution in [0.15, 0.2) is 78.9 Å². The number of aliphatic hydroxyl groups is 1. The normalized spacial score (nSPS) is 17.1. The van der Waals surface area contributed by atoms with Crippen molar-refractivity contribution in [3.05, 3.63) is 113 Å². The minimum absolute atomic E-state index is 0.0891. The topological polar surface area (TPSA) is 75.4 Å². The van der Waals surface area contributed by atoms with E-state index in [9.17, 15) is 32.3 Å². The Kier molecular flexibility index (Phi) is 7.29. The monoisotopic (exact) mass is 551 g/mol. The van der Waals surface area contributed by atoms with E-state index in [2.05, 4.69) is 0 Å². The second kappa shape index (κ2) is 10.7. The number of benzene rings is 3. The summed E-state index contributed by atoms with van der Waals surface area (Å²) < 4.78 is 55.4. The first-order chi connectivity index (χ1) is 19.1. The number of alkyl halides is 3. The van der Waals surface area contributed by atoms with Crippen LogP contribution in [0.4, 0.5) is 23.4 Å². The fourth-order valence-corrected chi connectivity index (χ4v) is 5.33. The third-order valence-corrected chi connectivity index (χ3v) is 7.10. The van der Waals surface area contributed by atoms with Crippen molar-refractivity contribution < 1.29 is 32.3 Å². The number of hydrogen-bond acceptors (Lipinski definition) is 4. The molecule has 1 N–H and O–H groups in total. The van der Waals surface area contributed by atoms with Crippen LogP contribution in [0.25, 0.3) is 5.69 Å². The zero-order valence-corrected chi connectivity index (χ0v) is 21.4. The molecule has 0 radical (unpaired) electrons. The van der Waals surface area contributed by atoms with Gasteiger partial charge in [0.25, 0.3) is 0 Å². The molecule has 10 heteroatoms. The van der Waals surface area contributed by atoms with Gasteiger partial charge in [-0.3, -0.25) is 14.5 Å². The molecule has 5 rings (SSSR count). The molecule has 0 fully saturated rings. The van der Waals surface area contributed by atoms with Gasteiger partial charge in [0.05, 0.1) is 36.0 Å². The molecule has 1 aromatic heterocycles. The van der Waals surface area contributed by atoms with Crippen molar-refractivity contribution in [3.8, 4) is 5.69 Å². The second-order valence-corrected chi connectivity index (χ2v) is 9.63. The first-order valence-electron chi connectivity index (χ1n) is 12.6. The number of aliphatic hydroxyl groups excluding tert-OH is 1. The van der Waals surface area contributed by atoms with Gasteiger partial charge in [0.2, 0.25) is 5.91 Å². The zero-order valence-electron chi connectivity index (χ0n) is 21.4. The lowest BCUT2D eigenvalue weighted by Crippen LogP contribution is -2.46. The highest BCUT2D eigenvalue weighted by molar-refractivity contribution is 6.04. The largest absolute Gasteiger partial charge is 0.416 e. The Labute approximate surface area is 227 Å². The number of nitrogens with zero attached hydrogens (tertiary/aromatic N) is 3. The fraction of sp³-hybridized carbons (Fsp3) is 0.233. The maximum atomic E-state index is 14.1. The van der Waals surface area contributed by atoms with Crippen molar-refractivity contribution in [1.82, 2.24) is 9.78 Å². The van der Waals surface area contributed by atoms with Crippen LogP contribution in [0.3, 0.4) is 0 Å². The van der Waals surface area contributed by atoms with E-state index in [1.54, 1.807) is 11.6 Å². The molecule has 0 saturated heterocycles. The number of halogens is 4. The highest BCUT2D eigenvalue weighted by Gasteiger charge is 2.45. The number of aromatic nitrogens is 2. The lowest BCUT2D eigenvalue weighted by Gasteiger charge is -2.38. The van der Waals surface area contributed by atoms with Crippen LogP contribution in [0.1, 0.15) is 45.1 Å². The number of amides is 1. The Morgan fingerprint density at radius 3 is 2.35 bits per heavy atom. The molecule has 3 aromatic carbocycles. The van der Waals surface area contributed by atoms with Gasteiger partial charge in [0.15, 0.2) is 5.78 Å².